The fourth-order valence-corrected chi connectivity index (χ4v) is 5.26. The van der Waals surface area contributed by atoms with E-state index in [-0.39, 0.29) is 0 Å². The molecule has 7 nitrogen and oxygen atoms in total. The lowest BCUT2D eigenvalue weighted by Gasteiger charge is -2.31. The smallest absolute Gasteiger partial charge is 0.247 e. The highest BCUT2D eigenvalue weighted by molar-refractivity contribution is 7.98. The lowest BCUT2D eigenvalue weighted by molar-refractivity contribution is 0.247. The van der Waals surface area contributed by atoms with Gasteiger partial charge in [-0.3, -0.25) is 4.57 Å². The van der Waals surface area contributed by atoms with Crippen LogP contribution in [0.25, 0.3) is 22.8 Å². The minimum absolute atomic E-state index is 0.371. The van der Waals surface area contributed by atoms with Gasteiger partial charge in [-0.25, -0.2) is 0 Å². The minimum atomic E-state index is 0.371. The zero-order valence-electron chi connectivity index (χ0n) is 18.8. The van der Waals surface area contributed by atoms with E-state index in [1.54, 1.807) is 18.9 Å². The quantitative estimate of drug-likeness (QED) is 0.310. The number of thioether (sulfide) groups is 1. The van der Waals surface area contributed by atoms with Crippen molar-refractivity contribution in [3.8, 4) is 28.6 Å². The Labute approximate surface area is 197 Å². The molecule has 0 bridgehead atoms. The van der Waals surface area contributed by atoms with Crippen LogP contribution in [0.1, 0.15) is 44.5 Å². The third kappa shape index (κ3) is 4.66. The summed E-state index contributed by atoms with van der Waals surface area (Å²) >= 11 is 1.60. The lowest BCUT2D eigenvalue weighted by atomic mass is 9.85. The predicted octanol–water partition coefficient (Wildman–Crippen LogP) is 6.05. The molecule has 2 atom stereocenters. The molecule has 2 aromatic heterocycles. The standard InChI is InChI=1S/C25H27N5O2S/c1-17-8-6-7-11-21(17)30-23(18-12-14-20(31-2)15-13-18)27-29-25(30)33-16-22-26-28-24(32-22)19-9-4-3-5-10-19/h3-5,9-10,12-15,17,21H,6-8,11,16H2,1-2H3/t17-,21+/m0/s1. The molecule has 33 heavy (non-hydrogen) atoms. The number of hydrogen-bond acceptors (Lipinski definition) is 7. The maximum absolute atomic E-state index is 5.90. The molecule has 1 aliphatic rings. The summed E-state index contributed by atoms with van der Waals surface area (Å²) in [5.41, 5.74) is 1.96. The molecule has 0 amide bonds. The molecule has 0 radical (unpaired) electrons. The van der Waals surface area contributed by atoms with Crippen LogP contribution in [0.3, 0.4) is 0 Å². The topological polar surface area (TPSA) is 78.9 Å². The third-order valence-corrected chi connectivity index (χ3v) is 7.15. The molecule has 0 saturated heterocycles. The summed E-state index contributed by atoms with van der Waals surface area (Å²) < 4.78 is 13.5. The Kier molecular flexibility index (Phi) is 6.44. The molecule has 5 rings (SSSR count). The van der Waals surface area contributed by atoms with E-state index in [1.807, 2.05) is 54.6 Å². The van der Waals surface area contributed by atoms with E-state index in [1.165, 1.54) is 19.3 Å². The predicted molar refractivity (Wildman–Crippen MR) is 128 cm³/mol. The van der Waals surface area contributed by atoms with Gasteiger partial charge in [-0.15, -0.1) is 20.4 Å². The van der Waals surface area contributed by atoms with Gasteiger partial charge >= 0.3 is 0 Å². The Bertz CT molecular complexity index is 1190. The van der Waals surface area contributed by atoms with E-state index in [9.17, 15) is 0 Å². The number of hydrogen-bond donors (Lipinski definition) is 0. The average molecular weight is 462 g/mol. The first kappa shape index (κ1) is 21.7. The molecule has 0 unspecified atom stereocenters. The average Bonchev–Trinajstić information content (AvgIpc) is 3.51. The van der Waals surface area contributed by atoms with E-state index in [0.29, 0.717) is 29.5 Å². The van der Waals surface area contributed by atoms with Gasteiger partial charge in [0.25, 0.3) is 0 Å². The molecule has 0 spiro atoms. The van der Waals surface area contributed by atoms with Crippen LogP contribution < -0.4 is 4.74 Å². The fraction of sp³-hybridized carbons (Fsp3) is 0.360. The Morgan fingerprint density at radius 3 is 2.48 bits per heavy atom. The van der Waals surface area contributed by atoms with Crippen LogP contribution in [-0.2, 0) is 5.75 Å². The van der Waals surface area contributed by atoms with Crippen LogP contribution in [0.15, 0.2) is 64.2 Å². The Morgan fingerprint density at radius 1 is 0.939 bits per heavy atom. The fourth-order valence-electron chi connectivity index (χ4n) is 4.43. The highest BCUT2D eigenvalue weighted by Gasteiger charge is 2.29. The van der Waals surface area contributed by atoms with Gasteiger partial charge in [0.15, 0.2) is 11.0 Å². The normalized spacial score (nSPS) is 18.4. The van der Waals surface area contributed by atoms with Crippen LogP contribution in [0.2, 0.25) is 0 Å². The van der Waals surface area contributed by atoms with E-state index < -0.39 is 0 Å². The number of rotatable bonds is 7. The first-order chi connectivity index (χ1) is 16.2. The molecule has 1 fully saturated rings. The van der Waals surface area contributed by atoms with Gasteiger partial charge in [-0.05, 0) is 55.2 Å². The van der Waals surface area contributed by atoms with Crippen molar-refractivity contribution in [1.29, 1.82) is 0 Å². The maximum atomic E-state index is 5.90. The molecule has 0 N–H and O–H groups in total. The van der Waals surface area contributed by atoms with Gasteiger partial charge in [0.2, 0.25) is 11.8 Å². The van der Waals surface area contributed by atoms with Crippen molar-refractivity contribution in [3.63, 3.8) is 0 Å². The summed E-state index contributed by atoms with van der Waals surface area (Å²) in [6.07, 6.45) is 4.86. The molecule has 2 heterocycles. The first-order valence-corrected chi connectivity index (χ1v) is 12.3. The zero-order chi connectivity index (χ0) is 22.6. The minimum Gasteiger partial charge on any atom is -0.497 e. The van der Waals surface area contributed by atoms with Crippen molar-refractivity contribution in [1.82, 2.24) is 25.0 Å². The Balaban J connectivity index is 1.42. The van der Waals surface area contributed by atoms with Gasteiger partial charge in [0.1, 0.15) is 5.75 Å². The van der Waals surface area contributed by atoms with Gasteiger partial charge in [-0.1, -0.05) is 49.7 Å². The summed E-state index contributed by atoms with van der Waals surface area (Å²) in [4.78, 5) is 0. The van der Waals surface area contributed by atoms with Crippen molar-refractivity contribution in [2.45, 2.75) is 49.6 Å². The zero-order valence-corrected chi connectivity index (χ0v) is 19.7. The van der Waals surface area contributed by atoms with Crippen LogP contribution in [0.5, 0.6) is 5.75 Å². The van der Waals surface area contributed by atoms with E-state index in [0.717, 1.165) is 34.3 Å². The van der Waals surface area contributed by atoms with Crippen molar-refractivity contribution in [2.75, 3.05) is 7.11 Å². The second-order valence-corrected chi connectivity index (χ2v) is 9.33. The second kappa shape index (κ2) is 9.79. The monoisotopic (exact) mass is 461 g/mol. The first-order valence-electron chi connectivity index (χ1n) is 11.3. The van der Waals surface area contributed by atoms with Crippen molar-refractivity contribution in [2.24, 2.45) is 5.92 Å². The van der Waals surface area contributed by atoms with Crippen molar-refractivity contribution < 1.29 is 9.15 Å². The van der Waals surface area contributed by atoms with Crippen molar-refractivity contribution >= 4 is 11.8 Å². The van der Waals surface area contributed by atoms with E-state index >= 15 is 0 Å². The largest absolute Gasteiger partial charge is 0.497 e. The Morgan fingerprint density at radius 2 is 1.73 bits per heavy atom. The van der Waals surface area contributed by atoms with Gasteiger partial charge in [0.05, 0.1) is 12.9 Å². The van der Waals surface area contributed by atoms with E-state index in [4.69, 9.17) is 9.15 Å². The van der Waals surface area contributed by atoms with Crippen LogP contribution in [-0.4, -0.2) is 32.1 Å². The summed E-state index contributed by atoms with van der Waals surface area (Å²) in [5.74, 6) is 3.95. The number of nitrogens with zero attached hydrogens (tertiary/aromatic N) is 5. The summed E-state index contributed by atoms with van der Waals surface area (Å²) in [6, 6.07) is 18.2. The number of ether oxygens (including phenoxy) is 1. The van der Waals surface area contributed by atoms with Crippen molar-refractivity contribution in [3.05, 3.63) is 60.5 Å². The SMILES string of the molecule is COc1ccc(-c2nnc(SCc3nnc(-c4ccccc4)o3)n2[C@@H]2CCCC[C@@H]2C)cc1. The molecule has 1 saturated carbocycles. The van der Waals surface area contributed by atoms with Gasteiger partial charge < -0.3 is 9.15 Å². The molecule has 0 aliphatic heterocycles. The molecule has 170 valence electrons. The van der Waals surface area contributed by atoms with Crippen LogP contribution in [0, 0.1) is 5.92 Å². The highest BCUT2D eigenvalue weighted by atomic mass is 32.2. The molecule has 4 aromatic rings. The molecule has 1 aliphatic carbocycles. The molecular weight excluding hydrogens is 434 g/mol. The van der Waals surface area contributed by atoms with Crippen LogP contribution in [0.4, 0.5) is 0 Å². The summed E-state index contributed by atoms with van der Waals surface area (Å²) in [7, 11) is 1.68. The molecular formula is C25H27N5O2S. The Hall–Kier alpha value is -3.13. The highest BCUT2D eigenvalue weighted by Crippen LogP contribution is 2.39. The van der Waals surface area contributed by atoms with Crippen LogP contribution >= 0.6 is 11.8 Å². The number of aromatic nitrogens is 5. The molecule has 2 aromatic carbocycles. The summed E-state index contributed by atoms with van der Waals surface area (Å²) in [5, 5.41) is 18.5. The third-order valence-electron chi connectivity index (χ3n) is 6.22. The van der Waals surface area contributed by atoms with Gasteiger partial charge in [-0.2, -0.15) is 0 Å². The molecule has 8 heteroatoms. The maximum Gasteiger partial charge on any atom is 0.247 e. The number of benzene rings is 2. The summed E-state index contributed by atoms with van der Waals surface area (Å²) in [6.45, 7) is 2.33. The lowest BCUT2D eigenvalue weighted by Crippen LogP contribution is -2.22. The number of methoxy groups -OCH3 is 1. The second-order valence-electron chi connectivity index (χ2n) is 8.39. The van der Waals surface area contributed by atoms with E-state index in [2.05, 4.69) is 31.9 Å². The van der Waals surface area contributed by atoms with Gasteiger partial charge in [0, 0.05) is 17.2 Å².